The molecule has 2 rings (SSSR count). The van der Waals surface area contributed by atoms with Crippen molar-refractivity contribution in [3.63, 3.8) is 0 Å². The van der Waals surface area contributed by atoms with Crippen LogP contribution in [0.1, 0.15) is 39.2 Å². The number of nitrogens with one attached hydrogen (secondary N) is 1. The third kappa shape index (κ3) is 4.05. The maximum absolute atomic E-state index is 3.62. The van der Waals surface area contributed by atoms with Crippen molar-refractivity contribution in [2.24, 2.45) is 0 Å². The molecule has 1 aliphatic rings. The van der Waals surface area contributed by atoms with Crippen LogP contribution in [0.2, 0.25) is 0 Å². The first kappa shape index (κ1) is 14.5. The lowest BCUT2D eigenvalue weighted by Crippen LogP contribution is -2.46. The summed E-state index contributed by atoms with van der Waals surface area (Å²) in [6.45, 7) is 8.98. The highest BCUT2D eigenvalue weighted by molar-refractivity contribution is 5.26. The Morgan fingerprint density at radius 3 is 2.42 bits per heavy atom. The van der Waals surface area contributed by atoms with E-state index in [2.05, 4.69) is 68.4 Å². The molecule has 2 heteroatoms. The quantitative estimate of drug-likeness (QED) is 0.810. The van der Waals surface area contributed by atoms with Crippen LogP contribution in [-0.2, 0) is 5.41 Å². The van der Waals surface area contributed by atoms with Gasteiger partial charge in [-0.1, -0.05) is 51.1 Å². The van der Waals surface area contributed by atoms with E-state index in [0.717, 1.165) is 19.1 Å². The minimum absolute atomic E-state index is 0.183. The third-order valence-corrected chi connectivity index (χ3v) is 4.14. The van der Waals surface area contributed by atoms with Crippen LogP contribution in [-0.4, -0.2) is 37.1 Å². The molecule has 1 fully saturated rings. The molecule has 1 aromatic rings. The Hall–Kier alpha value is -0.860. The molecule has 1 unspecified atom stereocenters. The summed E-state index contributed by atoms with van der Waals surface area (Å²) in [6.07, 6.45) is 2.75. The summed E-state index contributed by atoms with van der Waals surface area (Å²) in [5.41, 5.74) is 1.62. The number of rotatable bonds is 7. The van der Waals surface area contributed by atoms with E-state index in [1.807, 2.05) is 0 Å². The maximum Gasteiger partial charge on any atom is 0.0177 e. The summed E-state index contributed by atoms with van der Waals surface area (Å²) in [4.78, 5) is 2.54. The van der Waals surface area contributed by atoms with E-state index < -0.39 is 0 Å². The zero-order valence-corrected chi connectivity index (χ0v) is 12.8. The lowest BCUT2D eigenvalue weighted by atomic mass is 9.81. The maximum atomic E-state index is 3.62. The van der Waals surface area contributed by atoms with Gasteiger partial charge in [0.15, 0.2) is 0 Å². The Morgan fingerprint density at radius 1 is 1.26 bits per heavy atom. The van der Waals surface area contributed by atoms with Gasteiger partial charge in [-0.15, -0.1) is 0 Å². The highest BCUT2D eigenvalue weighted by Crippen LogP contribution is 2.31. The number of benzene rings is 1. The van der Waals surface area contributed by atoms with E-state index in [9.17, 15) is 0 Å². The third-order valence-electron chi connectivity index (χ3n) is 4.14. The zero-order chi connectivity index (χ0) is 13.9. The predicted molar refractivity (Wildman–Crippen MR) is 82.6 cm³/mol. The van der Waals surface area contributed by atoms with Crippen LogP contribution in [0.25, 0.3) is 0 Å². The molecule has 0 saturated heterocycles. The van der Waals surface area contributed by atoms with Crippen LogP contribution in [0.5, 0.6) is 0 Å². The molecule has 0 spiro atoms. The monoisotopic (exact) mass is 260 g/mol. The molecule has 0 radical (unpaired) electrons. The normalized spacial score (nSPS) is 18.8. The van der Waals surface area contributed by atoms with Gasteiger partial charge in [-0.2, -0.15) is 0 Å². The van der Waals surface area contributed by atoms with Crippen molar-refractivity contribution in [1.29, 1.82) is 0 Å². The lowest BCUT2D eigenvalue weighted by Gasteiger charge is -2.35. The second-order valence-electron chi connectivity index (χ2n) is 6.61. The molecular formula is C17H28N2. The van der Waals surface area contributed by atoms with E-state index in [1.54, 1.807) is 0 Å². The van der Waals surface area contributed by atoms with Gasteiger partial charge in [-0.3, -0.25) is 0 Å². The SMILES string of the molecule is CC(C)NCC(C)(CN(C)C1CC1)c1ccccc1. The van der Waals surface area contributed by atoms with Gasteiger partial charge in [0, 0.05) is 30.6 Å². The van der Waals surface area contributed by atoms with Gasteiger partial charge in [-0.05, 0) is 25.5 Å². The molecule has 1 N–H and O–H groups in total. The molecule has 1 atom stereocenters. The van der Waals surface area contributed by atoms with Crippen LogP contribution in [0.15, 0.2) is 30.3 Å². The Kier molecular flexibility index (Phi) is 4.64. The minimum Gasteiger partial charge on any atom is -0.314 e. The Morgan fingerprint density at radius 2 is 1.89 bits per heavy atom. The average molecular weight is 260 g/mol. The van der Waals surface area contributed by atoms with Crippen LogP contribution in [0, 0.1) is 0 Å². The summed E-state index contributed by atoms with van der Waals surface area (Å²) in [5.74, 6) is 0. The summed E-state index contributed by atoms with van der Waals surface area (Å²) >= 11 is 0. The Bertz CT molecular complexity index is 384. The molecule has 2 nitrogen and oxygen atoms in total. The first-order valence-electron chi connectivity index (χ1n) is 7.50. The van der Waals surface area contributed by atoms with Gasteiger partial charge in [0.1, 0.15) is 0 Å². The van der Waals surface area contributed by atoms with Gasteiger partial charge in [-0.25, -0.2) is 0 Å². The van der Waals surface area contributed by atoms with E-state index in [4.69, 9.17) is 0 Å². The largest absolute Gasteiger partial charge is 0.314 e. The molecular weight excluding hydrogens is 232 g/mol. The minimum atomic E-state index is 0.183. The van der Waals surface area contributed by atoms with Crippen molar-refractivity contribution >= 4 is 0 Å². The van der Waals surface area contributed by atoms with Gasteiger partial charge >= 0.3 is 0 Å². The van der Waals surface area contributed by atoms with Crippen molar-refractivity contribution in [3.8, 4) is 0 Å². The molecule has 0 bridgehead atoms. The topological polar surface area (TPSA) is 15.3 Å². The second kappa shape index (κ2) is 6.06. The zero-order valence-electron chi connectivity index (χ0n) is 12.8. The standard InChI is InChI=1S/C17H28N2/c1-14(2)18-12-17(3,13-19(4)16-10-11-16)15-8-6-5-7-9-15/h5-9,14,16,18H,10-13H2,1-4H3. The Balaban J connectivity index is 2.11. The number of nitrogens with zero attached hydrogens (tertiary/aromatic N) is 1. The summed E-state index contributed by atoms with van der Waals surface area (Å²) in [7, 11) is 2.27. The van der Waals surface area contributed by atoms with Crippen molar-refractivity contribution in [2.75, 3.05) is 20.1 Å². The highest BCUT2D eigenvalue weighted by Gasteiger charge is 2.33. The first-order valence-corrected chi connectivity index (χ1v) is 7.50. The van der Waals surface area contributed by atoms with Crippen LogP contribution < -0.4 is 5.32 Å². The number of likely N-dealkylation sites (N-methyl/N-ethyl adjacent to an activating group) is 1. The van der Waals surface area contributed by atoms with Gasteiger partial charge in [0.05, 0.1) is 0 Å². The smallest absolute Gasteiger partial charge is 0.0177 e. The van der Waals surface area contributed by atoms with Crippen molar-refractivity contribution in [3.05, 3.63) is 35.9 Å². The van der Waals surface area contributed by atoms with Crippen LogP contribution >= 0.6 is 0 Å². The first-order chi connectivity index (χ1) is 9.01. The highest BCUT2D eigenvalue weighted by atomic mass is 15.2. The average Bonchev–Trinajstić information content (AvgIpc) is 3.22. The summed E-state index contributed by atoms with van der Waals surface area (Å²) in [5, 5.41) is 3.62. The fourth-order valence-corrected chi connectivity index (χ4v) is 2.71. The van der Waals surface area contributed by atoms with Crippen LogP contribution in [0.3, 0.4) is 0 Å². The van der Waals surface area contributed by atoms with E-state index in [-0.39, 0.29) is 5.41 Å². The van der Waals surface area contributed by atoms with Gasteiger partial charge in [0.25, 0.3) is 0 Å². The van der Waals surface area contributed by atoms with Crippen LogP contribution in [0.4, 0.5) is 0 Å². The molecule has 0 aliphatic heterocycles. The molecule has 106 valence electrons. The number of hydrogen-bond donors (Lipinski definition) is 1. The Labute approximate surface area is 118 Å². The molecule has 0 amide bonds. The second-order valence-corrected chi connectivity index (χ2v) is 6.61. The van der Waals surface area contributed by atoms with Gasteiger partial charge < -0.3 is 10.2 Å². The summed E-state index contributed by atoms with van der Waals surface area (Å²) in [6, 6.07) is 12.3. The number of hydrogen-bond acceptors (Lipinski definition) is 2. The van der Waals surface area contributed by atoms with E-state index >= 15 is 0 Å². The molecule has 1 aliphatic carbocycles. The molecule has 0 heterocycles. The fourth-order valence-electron chi connectivity index (χ4n) is 2.71. The molecule has 1 aromatic carbocycles. The summed E-state index contributed by atoms with van der Waals surface area (Å²) < 4.78 is 0. The molecule has 1 saturated carbocycles. The van der Waals surface area contributed by atoms with Gasteiger partial charge in [0.2, 0.25) is 0 Å². The van der Waals surface area contributed by atoms with E-state index in [1.165, 1.54) is 18.4 Å². The van der Waals surface area contributed by atoms with Crippen molar-refractivity contribution in [1.82, 2.24) is 10.2 Å². The van der Waals surface area contributed by atoms with Crippen molar-refractivity contribution in [2.45, 2.75) is 51.1 Å². The molecule has 0 aromatic heterocycles. The van der Waals surface area contributed by atoms with Crippen molar-refractivity contribution < 1.29 is 0 Å². The molecule has 19 heavy (non-hydrogen) atoms. The fraction of sp³-hybridized carbons (Fsp3) is 0.647. The van der Waals surface area contributed by atoms with E-state index in [0.29, 0.717) is 6.04 Å². The lowest BCUT2D eigenvalue weighted by molar-refractivity contribution is 0.238. The predicted octanol–water partition coefficient (Wildman–Crippen LogP) is 3.04.